The highest BCUT2D eigenvalue weighted by Gasteiger charge is 2.17. The van der Waals surface area contributed by atoms with Crippen LogP contribution >= 0.6 is 11.8 Å². The van der Waals surface area contributed by atoms with E-state index in [9.17, 15) is 10.1 Å². The number of carbonyl (C=O) groups is 1. The van der Waals surface area contributed by atoms with Gasteiger partial charge in [-0.25, -0.2) is 4.98 Å². The van der Waals surface area contributed by atoms with E-state index < -0.39 is 0 Å². The van der Waals surface area contributed by atoms with Gasteiger partial charge in [0.2, 0.25) is 5.91 Å². The van der Waals surface area contributed by atoms with Gasteiger partial charge in [-0.05, 0) is 43.0 Å². The van der Waals surface area contributed by atoms with E-state index >= 15 is 0 Å². The maximum Gasteiger partial charge on any atom is 0.225 e. The van der Waals surface area contributed by atoms with E-state index in [0.717, 1.165) is 30.0 Å². The second-order valence-corrected chi connectivity index (χ2v) is 6.84. The lowest BCUT2D eigenvalue weighted by molar-refractivity contribution is -0.115. The van der Waals surface area contributed by atoms with Crippen LogP contribution in [-0.2, 0) is 17.6 Å². The predicted molar refractivity (Wildman–Crippen MR) is 97.9 cm³/mol. The zero-order valence-corrected chi connectivity index (χ0v) is 14.9. The molecule has 1 aromatic heterocycles. The number of thioether (sulfide) groups is 1. The average molecular weight is 353 g/mol. The zero-order valence-electron chi connectivity index (χ0n) is 14.0. The van der Waals surface area contributed by atoms with Crippen molar-refractivity contribution in [2.24, 2.45) is 0 Å². The molecule has 2 aromatic rings. The Labute approximate surface area is 151 Å². The molecule has 0 saturated heterocycles. The standard InChI is InChI=1S/C19H19N3O2S/c1-24-17-8-3-2-6-16(17)21-18(23)9-10-25-19-14(12-20)11-13-5-4-7-15(13)22-19/h2-3,6,8,11H,4-5,7,9-10H2,1H3,(H,21,23). The van der Waals surface area contributed by atoms with Crippen LogP contribution in [-0.4, -0.2) is 23.8 Å². The van der Waals surface area contributed by atoms with Crippen molar-refractivity contribution in [1.82, 2.24) is 4.98 Å². The summed E-state index contributed by atoms with van der Waals surface area (Å²) < 4.78 is 5.23. The molecule has 1 amide bonds. The first-order chi connectivity index (χ1) is 12.2. The van der Waals surface area contributed by atoms with Gasteiger partial charge in [0.1, 0.15) is 16.8 Å². The number of benzene rings is 1. The summed E-state index contributed by atoms with van der Waals surface area (Å²) in [5.41, 5.74) is 3.55. The summed E-state index contributed by atoms with van der Waals surface area (Å²) >= 11 is 1.46. The van der Waals surface area contributed by atoms with Gasteiger partial charge in [-0.1, -0.05) is 12.1 Å². The summed E-state index contributed by atoms with van der Waals surface area (Å²) in [4.78, 5) is 16.8. The number of aromatic nitrogens is 1. The fourth-order valence-electron chi connectivity index (χ4n) is 2.84. The molecule has 1 aliphatic carbocycles. The van der Waals surface area contributed by atoms with Crippen LogP contribution in [0.15, 0.2) is 35.4 Å². The maximum absolute atomic E-state index is 12.1. The van der Waals surface area contributed by atoms with Crippen LogP contribution in [0.1, 0.15) is 29.7 Å². The van der Waals surface area contributed by atoms with Gasteiger partial charge in [0.05, 0.1) is 18.4 Å². The number of para-hydroxylation sites is 2. The van der Waals surface area contributed by atoms with Gasteiger partial charge in [-0.2, -0.15) is 5.26 Å². The van der Waals surface area contributed by atoms with Crippen molar-refractivity contribution >= 4 is 23.4 Å². The topological polar surface area (TPSA) is 75.0 Å². The van der Waals surface area contributed by atoms with Crippen molar-refractivity contribution < 1.29 is 9.53 Å². The number of aryl methyl sites for hydroxylation is 2. The van der Waals surface area contributed by atoms with Gasteiger partial charge >= 0.3 is 0 Å². The molecular formula is C19H19N3O2S. The third kappa shape index (κ3) is 4.12. The Morgan fingerprint density at radius 1 is 1.40 bits per heavy atom. The van der Waals surface area contributed by atoms with Gasteiger partial charge in [-0.3, -0.25) is 4.79 Å². The number of hydrogen-bond acceptors (Lipinski definition) is 5. The molecule has 6 heteroatoms. The largest absolute Gasteiger partial charge is 0.495 e. The van der Waals surface area contributed by atoms with E-state index in [1.54, 1.807) is 19.2 Å². The molecule has 0 saturated carbocycles. The van der Waals surface area contributed by atoms with Crippen molar-refractivity contribution in [2.45, 2.75) is 30.7 Å². The monoisotopic (exact) mass is 353 g/mol. The van der Waals surface area contributed by atoms with Crippen molar-refractivity contribution in [1.29, 1.82) is 5.26 Å². The van der Waals surface area contributed by atoms with E-state index in [1.807, 2.05) is 18.2 Å². The fraction of sp³-hybridized carbons (Fsp3) is 0.316. The van der Waals surface area contributed by atoms with Crippen molar-refractivity contribution in [3.63, 3.8) is 0 Å². The summed E-state index contributed by atoms with van der Waals surface area (Å²) in [6.45, 7) is 0. The number of anilines is 1. The Morgan fingerprint density at radius 3 is 3.04 bits per heavy atom. The molecular weight excluding hydrogens is 334 g/mol. The minimum Gasteiger partial charge on any atom is -0.495 e. The van der Waals surface area contributed by atoms with Crippen LogP contribution in [0.2, 0.25) is 0 Å². The molecule has 1 aromatic carbocycles. The van der Waals surface area contributed by atoms with E-state index in [1.165, 1.54) is 17.3 Å². The van der Waals surface area contributed by atoms with E-state index in [-0.39, 0.29) is 5.91 Å². The highest BCUT2D eigenvalue weighted by molar-refractivity contribution is 7.99. The highest BCUT2D eigenvalue weighted by atomic mass is 32.2. The molecule has 1 N–H and O–H groups in total. The van der Waals surface area contributed by atoms with Crippen molar-refractivity contribution in [3.05, 3.63) is 47.2 Å². The number of amides is 1. The molecule has 0 bridgehead atoms. The predicted octanol–water partition coefficient (Wildman–Crippen LogP) is 3.57. The minimum absolute atomic E-state index is 0.0864. The Kier molecular flexibility index (Phi) is 5.56. The number of ether oxygens (including phenoxy) is 1. The second-order valence-electron chi connectivity index (χ2n) is 5.76. The van der Waals surface area contributed by atoms with Gasteiger partial charge in [0.25, 0.3) is 0 Å². The first-order valence-electron chi connectivity index (χ1n) is 8.20. The molecule has 0 fully saturated rings. The average Bonchev–Trinajstić information content (AvgIpc) is 3.08. The van der Waals surface area contributed by atoms with Crippen LogP contribution in [0.25, 0.3) is 0 Å². The highest BCUT2D eigenvalue weighted by Crippen LogP contribution is 2.28. The van der Waals surface area contributed by atoms with Crippen LogP contribution < -0.4 is 10.1 Å². The number of methoxy groups -OCH3 is 1. The minimum atomic E-state index is -0.0864. The first kappa shape index (κ1) is 17.3. The van der Waals surface area contributed by atoms with Crippen molar-refractivity contribution in [3.8, 4) is 11.8 Å². The Bertz CT molecular complexity index is 830. The summed E-state index contributed by atoms with van der Waals surface area (Å²) in [7, 11) is 1.57. The van der Waals surface area contributed by atoms with Gasteiger partial charge < -0.3 is 10.1 Å². The van der Waals surface area contributed by atoms with E-state index in [0.29, 0.717) is 29.2 Å². The second kappa shape index (κ2) is 8.04. The zero-order chi connectivity index (χ0) is 17.6. The fourth-order valence-corrected chi connectivity index (χ4v) is 3.76. The lowest BCUT2D eigenvalue weighted by Crippen LogP contribution is -2.13. The Balaban J connectivity index is 1.58. The Morgan fingerprint density at radius 2 is 2.24 bits per heavy atom. The molecule has 0 unspecified atom stereocenters. The van der Waals surface area contributed by atoms with Crippen LogP contribution in [0, 0.1) is 11.3 Å². The van der Waals surface area contributed by atoms with Gasteiger partial charge in [0.15, 0.2) is 0 Å². The molecule has 0 radical (unpaired) electrons. The van der Waals surface area contributed by atoms with E-state index in [4.69, 9.17) is 4.74 Å². The maximum atomic E-state index is 12.1. The molecule has 25 heavy (non-hydrogen) atoms. The summed E-state index contributed by atoms with van der Waals surface area (Å²) in [5, 5.41) is 12.9. The normalized spacial score (nSPS) is 12.3. The molecule has 1 heterocycles. The first-order valence-corrected chi connectivity index (χ1v) is 9.18. The summed E-state index contributed by atoms with van der Waals surface area (Å²) in [6, 6.07) is 11.5. The third-order valence-electron chi connectivity index (χ3n) is 4.09. The number of rotatable bonds is 6. The molecule has 0 atom stereocenters. The molecule has 128 valence electrons. The Hall–Kier alpha value is -2.52. The number of nitrogens with one attached hydrogen (secondary N) is 1. The third-order valence-corrected chi connectivity index (χ3v) is 5.08. The number of nitrogens with zero attached hydrogens (tertiary/aromatic N) is 2. The van der Waals surface area contributed by atoms with Crippen LogP contribution in [0.3, 0.4) is 0 Å². The lowest BCUT2D eigenvalue weighted by Gasteiger charge is -2.10. The SMILES string of the molecule is COc1ccccc1NC(=O)CCSc1nc2c(cc1C#N)CCC2. The summed E-state index contributed by atoms with van der Waals surface area (Å²) in [6.07, 6.45) is 3.42. The number of hydrogen-bond donors (Lipinski definition) is 1. The molecule has 1 aliphatic rings. The molecule has 0 aliphatic heterocycles. The van der Waals surface area contributed by atoms with Crippen LogP contribution in [0.4, 0.5) is 5.69 Å². The molecule has 3 rings (SSSR count). The smallest absolute Gasteiger partial charge is 0.225 e. The van der Waals surface area contributed by atoms with Gasteiger partial charge in [-0.15, -0.1) is 11.8 Å². The number of pyridine rings is 1. The summed E-state index contributed by atoms with van der Waals surface area (Å²) in [5.74, 6) is 1.12. The van der Waals surface area contributed by atoms with E-state index in [2.05, 4.69) is 16.4 Å². The van der Waals surface area contributed by atoms with Crippen molar-refractivity contribution in [2.75, 3.05) is 18.2 Å². The molecule has 5 nitrogen and oxygen atoms in total. The van der Waals surface area contributed by atoms with Crippen LogP contribution in [0.5, 0.6) is 5.75 Å². The van der Waals surface area contributed by atoms with Gasteiger partial charge in [0, 0.05) is 17.9 Å². The quantitative estimate of drug-likeness (QED) is 0.804. The number of fused-ring (bicyclic) bond motifs is 1. The molecule has 0 spiro atoms. The lowest BCUT2D eigenvalue weighted by atomic mass is 10.2. The number of carbonyl (C=O) groups excluding carboxylic acids is 1. The number of nitriles is 1.